The molecule has 0 aromatic heterocycles. The molecule has 0 aromatic carbocycles. The van der Waals surface area contributed by atoms with Crippen molar-refractivity contribution in [3.05, 3.63) is 0 Å². The van der Waals surface area contributed by atoms with Crippen molar-refractivity contribution in [3.63, 3.8) is 0 Å². The van der Waals surface area contributed by atoms with E-state index < -0.39 is 5.60 Å². The van der Waals surface area contributed by atoms with E-state index in [-0.39, 0.29) is 11.6 Å². The Bertz CT molecular complexity index is 351. The molecule has 0 saturated heterocycles. The maximum atomic E-state index is 11.7. The molecular formula is C16H28O3. The summed E-state index contributed by atoms with van der Waals surface area (Å²) in [6.45, 7) is 9.89. The van der Waals surface area contributed by atoms with E-state index in [2.05, 4.69) is 13.8 Å². The first-order valence-corrected chi connectivity index (χ1v) is 7.48. The maximum Gasteiger partial charge on any atom is 0.306 e. The fourth-order valence-corrected chi connectivity index (χ4v) is 3.87. The van der Waals surface area contributed by atoms with Gasteiger partial charge in [0.15, 0.2) is 0 Å². The van der Waals surface area contributed by atoms with Crippen LogP contribution in [0.3, 0.4) is 0 Å². The summed E-state index contributed by atoms with van der Waals surface area (Å²) in [5, 5.41) is 10.3. The lowest BCUT2D eigenvalue weighted by molar-refractivity contribution is -0.204. The molecule has 19 heavy (non-hydrogen) atoms. The van der Waals surface area contributed by atoms with Gasteiger partial charge in [-0.25, -0.2) is 0 Å². The summed E-state index contributed by atoms with van der Waals surface area (Å²) in [4.78, 5) is 11.7. The van der Waals surface area contributed by atoms with Crippen molar-refractivity contribution in [2.75, 3.05) is 0 Å². The van der Waals surface area contributed by atoms with Crippen LogP contribution in [0.1, 0.15) is 66.7 Å². The van der Waals surface area contributed by atoms with Crippen molar-refractivity contribution < 1.29 is 14.6 Å². The molecule has 110 valence electrons. The first-order valence-electron chi connectivity index (χ1n) is 7.48. The van der Waals surface area contributed by atoms with E-state index in [0.717, 1.165) is 25.7 Å². The number of hydrogen-bond donors (Lipinski definition) is 1. The van der Waals surface area contributed by atoms with Gasteiger partial charge in [-0.2, -0.15) is 0 Å². The highest BCUT2D eigenvalue weighted by molar-refractivity contribution is 5.70. The van der Waals surface area contributed by atoms with E-state index in [9.17, 15) is 9.90 Å². The van der Waals surface area contributed by atoms with Gasteiger partial charge in [0.2, 0.25) is 0 Å². The smallest absolute Gasteiger partial charge is 0.306 e. The molecule has 1 N–H and O–H groups in total. The molecule has 0 bridgehead atoms. The fraction of sp³-hybridized carbons (Fsp3) is 0.938. The van der Waals surface area contributed by atoms with Crippen LogP contribution < -0.4 is 0 Å². The topological polar surface area (TPSA) is 46.5 Å². The lowest BCUT2D eigenvalue weighted by Crippen LogP contribution is -2.60. The number of aliphatic hydroxyl groups is 1. The largest absolute Gasteiger partial charge is 0.460 e. The Morgan fingerprint density at radius 1 is 1.32 bits per heavy atom. The number of hydrogen-bond acceptors (Lipinski definition) is 3. The van der Waals surface area contributed by atoms with Crippen molar-refractivity contribution in [3.8, 4) is 0 Å². The first-order chi connectivity index (χ1) is 8.54. The minimum absolute atomic E-state index is 0.0780. The summed E-state index contributed by atoms with van der Waals surface area (Å²) in [5.74, 6) is 0.723. The second-order valence-electron chi connectivity index (χ2n) is 8.18. The van der Waals surface area contributed by atoms with Crippen LogP contribution in [0.15, 0.2) is 0 Å². The fourth-order valence-electron chi connectivity index (χ4n) is 3.87. The molecule has 2 rings (SSSR count). The van der Waals surface area contributed by atoms with Gasteiger partial charge in [0.1, 0.15) is 5.60 Å². The average Bonchev–Trinajstić information content (AvgIpc) is 2.08. The van der Waals surface area contributed by atoms with E-state index in [1.165, 1.54) is 0 Å². The third-order valence-electron chi connectivity index (χ3n) is 4.76. The molecule has 0 radical (unpaired) electrons. The van der Waals surface area contributed by atoms with Crippen LogP contribution >= 0.6 is 0 Å². The molecule has 0 heterocycles. The Balaban J connectivity index is 1.72. The van der Waals surface area contributed by atoms with Crippen LogP contribution in [0.2, 0.25) is 0 Å². The van der Waals surface area contributed by atoms with E-state index in [0.29, 0.717) is 23.7 Å². The monoisotopic (exact) mass is 268 g/mol. The van der Waals surface area contributed by atoms with Crippen molar-refractivity contribution in [1.82, 2.24) is 0 Å². The quantitative estimate of drug-likeness (QED) is 0.799. The zero-order valence-electron chi connectivity index (χ0n) is 13.0. The van der Waals surface area contributed by atoms with Gasteiger partial charge in [0, 0.05) is 6.42 Å². The zero-order chi connectivity index (χ0) is 14.5. The minimum Gasteiger partial charge on any atom is -0.460 e. The molecule has 3 nitrogen and oxygen atoms in total. The number of rotatable bonds is 3. The number of ether oxygens (including phenoxy) is 1. The van der Waals surface area contributed by atoms with Crippen LogP contribution in [-0.4, -0.2) is 22.3 Å². The zero-order valence-corrected chi connectivity index (χ0v) is 13.0. The van der Waals surface area contributed by atoms with E-state index >= 15 is 0 Å². The summed E-state index contributed by atoms with van der Waals surface area (Å²) in [5.41, 5.74) is -0.491. The molecule has 2 aliphatic carbocycles. The van der Waals surface area contributed by atoms with Crippen molar-refractivity contribution in [1.29, 1.82) is 0 Å². The Morgan fingerprint density at radius 3 is 2.26 bits per heavy atom. The molecule has 0 unspecified atom stereocenters. The third-order valence-corrected chi connectivity index (χ3v) is 4.76. The molecule has 2 aliphatic rings. The lowest BCUT2D eigenvalue weighted by Gasteiger charge is -2.63. The molecule has 1 spiro atoms. The van der Waals surface area contributed by atoms with Crippen molar-refractivity contribution >= 4 is 5.97 Å². The summed E-state index contributed by atoms with van der Waals surface area (Å²) >= 11 is 0. The molecule has 2 fully saturated rings. The predicted molar refractivity (Wildman–Crippen MR) is 74.6 cm³/mol. The van der Waals surface area contributed by atoms with Crippen LogP contribution in [0, 0.1) is 17.3 Å². The van der Waals surface area contributed by atoms with Gasteiger partial charge in [0.05, 0.1) is 5.60 Å². The highest BCUT2D eigenvalue weighted by Gasteiger charge is 2.60. The maximum absolute atomic E-state index is 11.7. The van der Waals surface area contributed by atoms with Crippen LogP contribution in [0.4, 0.5) is 0 Å². The first kappa shape index (κ1) is 14.8. The van der Waals surface area contributed by atoms with Crippen molar-refractivity contribution in [2.45, 2.75) is 77.9 Å². The van der Waals surface area contributed by atoms with Gasteiger partial charge < -0.3 is 9.84 Å². The second kappa shape index (κ2) is 4.47. The van der Waals surface area contributed by atoms with Gasteiger partial charge in [-0.3, -0.25) is 4.79 Å². The third kappa shape index (κ3) is 3.13. The average molecular weight is 268 g/mol. The number of carbonyl (C=O) groups is 1. The van der Waals surface area contributed by atoms with Crippen LogP contribution in [0.25, 0.3) is 0 Å². The number of carbonyl (C=O) groups excluding carboxylic acids is 1. The Morgan fingerprint density at radius 2 is 1.84 bits per heavy atom. The lowest BCUT2D eigenvalue weighted by atomic mass is 9.44. The van der Waals surface area contributed by atoms with E-state index in [1.54, 1.807) is 0 Å². The summed E-state index contributed by atoms with van der Waals surface area (Å²) in [6.07, 6.45) is 4.55. The molecular weight excluding hydrogens is 240 g/mol. The number of esters is 1. The molecule has 3 heteroatoms. The molecule has 0 atom stereocenters. The molecule has 2 saturated carbocycles. The minimum atomic E-state index is -0.448. The van der Waals surface area contributed by atoms with Crippen molar-refractivity contribution in [2.24, 2.45) is 17.3 Å². The Kier molecular flexibility index (Phi) is 3.49. The van der Waals surface area contributed by atoms with Crippen LogP contribution in [-0.2, 0) is 9.53 Å². The molecule has 0 amide bonds. The summed E-state index contributed by atoms with van der Waals surface area (Å²) in [6, 6.07) is 0. The van der Waals surface area contributed by atoms with Crippen LogP contribution in [0.5, 0.6) is 0 Å². The highest BCUT2D eigenvalue weighted by atomic mass is 16.6. The highest BCUT2D eigenvalue weighted by Crippen LogP contribution is 2.64. The summed E-state index contributed by atoms with van der Waals surface area (Å²) < 4.78 is 5.35. The van der Waals surface area contributed by atoms with Gasteiger partial charge in [-0.05, 0) is 63.7 Å². The van der Waals surface area contributed by atoms with E-state index in [4.69, 9.17) is 4.74 Å². The second-order valence-corrected chi connectivity index (χ2v) is 8.18. The Labute approximate surface area is 116 Å². The van der Waals surface area contributed by atoms with Gasteiger partial charge in [-0.1, -0.05) is 13.8 Å². The van der Waals surface area contributed by atoms with Gasteiger partial charge >= 0.3 is 5.97 Å². The van der Waals surface area contributed by atoms with Gasteiger partial charge in [-0.15, -0.1) is 0 Å². The Hall–Kier alpha value is -0.570. The predicted octanol–water partition coefficient (Wildman–Crippen LogP) is 3.30. The van der Waals surface area contributed by atoms with Gasteiger partial charge in [0.25, 0.3) is 0 Å². The SMILES string of the molecule is CC(C)C1(O)CC2(CC(CC(=O)OC(C)(C)C)C2)C1. The molecule has 0 aliphatic heterocycles. The molecule has 0 aromatic rings. The van der Waals surface area contributed by atoms with E-state index in [1.807, 2.05) is 20.8 Å². The standard InChI is InChI=1S/C16H28O3/c1-11(2)16(18)9-15(10-16)7-12(8-15)6-13(17)19-14(3,4)5/h11-12,18H,6-10H2,1-5H3. The normalized spacial score (nSPS) is 37.9. The summed E-state index contributed by atoms with van der Waals surface area (Å²) in [7, 11) is 0.